The summed E-state index contributed by atoms with van der Waals surface area (Å²) in [5, 5.41) is 5.20. The van der Waals surface area contributed by atoms with Crippen LogP contribution in [0.2, 0.25) is 5.02 Å². The smallest absolute Gasteiger partial charge is 0.241 e. The van der Waals surface area contributed by atoms with E-state index in [2.05, 4.69) is 5.10 Å². The molecule has 134 valence electrons. The molecule has 3 aliphatic heterocycles. The average Bonchev–Trinajstić information content (AvgIpc) is 3.33. The van der Waals surface area contributed by atoms with Crippen LogP contribution >= 0.6 is 11.6 Å². The molecule has 3 aliphatic rings. The standard InChI is InChI=1S/C19H18ClN3O3/c1-10-7-15(21-22(10)9-11-3-2-4-12(20)8-11)23-18(24)16-13-5-6-14(26-13)17(16)19(23)25/h2-4,7-8,13-14,16-17H,5-6,9H2,1H3/t13-,14-,16-,17-/m0/s1. The number of fused-ring (bicyclic) bond motifs is 5. The van der Waals surface area contributed by atoms with Gasteiger partial charge >= 0.3 is 0 Å². The summed E-state index contributed by atoms with van der Waals surface area (Å²) in [5.41, 5.74) is 1.90. The predicted octanol–water partition coefficient (Wildman–Crippen LogP) is 2.56. The fraction of sp³-hybridized carbons (Fsp3) is 0.421. The lowest BCUT2D eigenvalue weighted by atomic mass is 9.81. The highest BCUT2D eigenvalue weighted by Gasteiger charge is 2.63. The number of anilines is 1. The van der Waals surface area contributed by atoms with Crippen molar-refractivity contribution in [3.63, 3.8) is 0 Å². The van der Waals surface area contributed by atoms with E-state index in [9.17, 15) is 9.59 Å². The lowest BCUT2D eigenvalue weighted by Crippen LogP contribution is -2.34. The summed E-state index contributed by atoms with van der Waals surface area (Å²) in [6.07, 6.45) is 1.50. The third-order valence-corrected chi connectivity index (χ3v) is 5.94. The van der Waals surface area contributed by atoms with E-state index in [-0.39, 0.29) is 35.9 Å². The minimum absolute atomic E-state index is 0.110. The molecule has 3 saturated heterocycles. The second-order valence-electron chi connectivity index (χ2n) is 7.29. The van der Waals surface area contributed by atoms with Crippen LogP contribution in [0.3, 0.4) is 0 Å². The van der Waals surface area contributed by atoms with E-state index < -0.39 is 0 Å². The second kappa shape index (κ2) is 5.66. The van der Waals surface area contributed by atoms with Crippen molar-refractivity contribution in [2.75, 3.05) is 4.90 Å². The first-order valence-corrected chi connectivity index (χ1v) is 9.23. The van der Waals surface area contributed by atoms with Crippen LogP contribution < -0.4 is 4.90 Å². The zero-order valence-electron chi connectivity index (χ0n) is 14.3. The molecular formula is C19H18ClN3O3. The average molecular weight is 372 g/mol. The molecule has 2 amide bonds. The molecule has 3 fully saturated rings. The van der Waals surface area contributed by atoms with Gasteiger partial charge < -0.3 is 4.74 Å². The number of aryl methyl sites for hydroxylation is 1. The molecule has 0 unspecified atom stereocenters. The Labute approximate surface area is 155 Å². The highest BCUT2D eigenvalue weighted by molar-refractivity contribution is 6.30. The zero-order valence-corrected chi connectivity index (χ0v) is 15.0. The summed E-state index contributed by atoms with van der Waals surface area (Å²) in [6, 6.07) is 9.36. The normalized spacial score (nSPS) is 29.7. The Morgan fingerprint density at radius 1 is 1.15 bits per heavy atom. The van der Waals surface area contributed by atoms with Gasteiger partial charge in [0.25, 0.3) is 0 Å². The number of ether oxygens (including phenoxy) is 1. The largest absolute Gasteiger partial charge is 0.373 e. The van der Waals surface area contributed by atoms with Gasteiger partial charge in [0.15, 0.2) is 5.82 Å². The van der Waals surface area contributed by atoms with Gasteiger partial charge in [-0.05, 0) is 37.5 Å². The van der Waals surface area contributed by atoms with Gasteiger partial charge in [0.2, 0.25) is 11.8 Å². The quantitative estimate of drug-likeness (QED) is 0.778. The third kappa shape index (κ3) is 2.25. The number of hydrogen-bond donors (Lipinski definition) is 0. The molecule has 4 atom stereocenters. The molecular weight excluding hydrogens is 354 g/mol. The lowest BCUT2D eigenvalue weighted by Gasteiger charge is -2.15. The Balaban J connectivity index is 1.44. The fourth-order valence-electron chi connectivity index (χ4n) is 4.51. The molecule has 1 aromatic carbocycles. The summed E-state index contributed by atoms with van der Waals surface area (Å²) in [6.45, 7) is 2.45. The van der Waals surface area contributed by atoms with E-state index in [0.717, 1.165) is 24.1 Å². The fourth-order valence-corrected chi connectivity index (χ4v) is 4.72. The first kappa shape index (κ1) is 16.0. The van der Waals surface area contributed by atoms with E-state index >= 15 is 0 Å². The number of aromatic nitrogens is 2. The maximum absolute atomic E-state index is 12.9. The molecule has 0 spiro atoms. The topological polar surface area (TPSA) is 64.4 Å². The maximum atomic E-state index is 12.9. The molecule has 0 radical (unpaired) electrons. The van der Waals surface area contributed by atoms with Crippen LogP contribution in [-0.2, 0) is 20.9 Å². The molecule has 2 bridgehead atoms. The van der Waals surface area contributed by atoms with Gasteiger partial charge in [0, 0.05) is 16.8 Å². The summed E-state index contributed by atoms with van der Waals surface area (Å²) in [7, 11) is 0. The lowest BCUT2D eigenvalue weighted by molar-refractivity contribution is -0.124. The molecule has 6 nitrogen and oxygen atoms in total. The third-order valence-electron chi connectivity index (χ3n) is 5.70. The van der Waals surface area contributed by atoms with Crippen molar-refractivity contribution >= 4 is 29.2 Å². The number of carbonyl (C=O) groups is 2. The highest BCUT2D eigenvalue weighted by Crippen LogP contribution is 2.49. The minimum atomic E-state index is -0.334. The minimum Gasteiger partial charge on any atom is -0.373 e. The van der Waals surface area contributed by atoms with Crippen molar-refractivity contribution in [2.45, 2.75) is 38.5 Å². The molecule has 26 heavy (non-hydrogen) atoms. The van der Waals surface area contributed by atoms with Crippen LogP contribution in [-0.4, -0.2) is 33.8 Å². The number of rotatable bonds is 3. The highest BCUT2D eigenvalue weighted by atomic mass is 35.5. The van der Waals surface area contributed by atoms with Crippen molar-refractivity contribution in [3.8, 4) is 0 Å². The van der Waals surface area contributed by atoms with Crippen LogP contribution in [0.4, 0.5) is 5.82 Å². The van der Waals surface area contributed by atoms with Gasteiger partial charge in [-0.1, -0.05) is 23.7 Å². The zero-order chi connectivity index (χ0) is 18.0. The molecule has 5 rings (SSSR count). The van der Waals surface area contributed by atoms with Gasteiger partial charge in [-0.3, -0.25) is 14.3 Å². The summed E-state index contributed by atoms with van der Waals surface area (Å²) >= 11 is 6.05. The van der Waals surface area contributed by atoms with Crippen LogP contribution in [0.15, 0.2) is 30.3 Å². The van der Waals surface area contributed by atoms with Crippen molar-refractivity contribution in [2.24, 2.45) is 11.8 Å². The summed E-state index contributed by atoms with van der Waals surface area (Å²) in [4.78, 5) is 27.0. The summed E-state index contributed by atoms with van der Waals surface area (Å²) in [5.74, 6) is -0.591. The first-order valence-electron chi connectivity index (χ1n) is 8.85. The number of nitrogens with zero attached hydrogens (tertiary/aromatic N) is 3. The van der Waals surface area contributed by atoms with Crippen LogP contribution in [0.5, 0.6) is 0 Å². The number of imide groups is 1. The van der Waals surface area contributed by atoms with Crippen molar-refractivity contribution in [3.05, 3.63) is 46.6 Å². The van der Waals surface area contributed by atoms with Crippen LogP contribution in [0.1, 0.15) is 24.1 Å². The molecule has 4 heterocycles. The first-order chi connectivity index (χ1) is 12.5. The Hall–Kier alpha value is -2.18. The van der Waals surface area contributed by atoms with E-state index in [4.69, 9.17) is 16.3 Å². The maximum Gasteiger partial charge on any atom is 0.241 e. The molecule has 0 N–H and O–H groups in total. The van der Waals surface area contributed by atoms with Gasteiger partial charge in [0.1, 0.15) is 0 Å². The van der Waals surface area contributed by atoms with Gasteiger partial charge in [0.05, 0.1) is 30.6 Å². The predicted molar refractivity (Wildman–Crippen MR) is 94.9 cm³/mol. The molecule has 0 aliphatic carbocycles. The van der Waals surface area contributed by atoms with E-state index in [1.165, 1.54) is 4.90 Å². The monoisotopic (exact) mass is 371 g/mol. The second-order valence-corrected chi connectivity index (χ2v) is 7.72. The molecule has 2 aromatic rings. The summed E-state index contributed by atoms with van der Waals surface area (Å²) < 4.78 is 7.57. The van der Waals surface area contributed by atoms with Gasteiger partial charge in [-0.2, -0.15) is 5.10 Å². The van der Waals surface area contributed by atoms with Gasteiger partial charge in [-0.25, -0.2) is 4.90 Å². The van der Waals surface area contributed by atoms with Crippen LogP contribution in [0.25, 0.3) is 0 Å². The number of amides is 2. The van der Waals surface area contributed by atoms with E-state index in [1.54, 1.807) is 10.7 Å². The number of hydrogen-bond acceptors (Lipinski definition) is 4. The Morgan fingerprint density at radius 3 is 2.50 bits per heavy atom. The SMILES string of the molecule is Cc1cc(N2C(=O)[C@@H]3[C@@H](C2=O)[C@@H]2CC[C@@H]3O2)nn1Cc1cccc(Cl)c1. The van der Waals surface area contributed by atoms with E-state index in [1.807, 2.05) is 31.2 Å². The Morgan fingerprint density at radius 2 is 1.85 bits per heavy atom. The number of carbonyl (C=O) groups excluding carboxylic acids is 2. The van der Waals surface area contributed by atoms with Crippen molar-refractivity contribution in [1.82, 2.24) is 9.78 Å². The number of benzene rings is 1. The Bertz CT molecular complexity index is 897. The van der Waals surface area contributed by atoms with Crippen molar-refractivity contribution in [1.29, 1.82) is 0 Å². The van der Waals surface area contributed by atoms with E-state index in [0.29, 0.717) is 17.4 Å². The molecule has 0 saturated carbocycles. The number of halogens is 1. The van der Waals surface area contributed by atoms with Gasteiger partial charge in [-0.15, -0.1) is 0 Å². The van der Waals surface area contributed by atoms with Crippen LogP contribution in [0, 0.1) is 18.8 Å². The Kier molecular flexibility index (Phi) is 3.49. The molecule has 7 heteroatoms. The molecule has 1 aromatic heterocycles. The van der Waals surface area contributed by atoms with Crippen molar-refractivity contribution < 1.29 is 14.3 Å².